The summed E-state index contributed by atoms with van der Waals surface area (Å²) in [5.74, 6) is -2.52. The lowest BCUT2D eigenvalue weighted by Crippen LogP contribution is -2.48. The van der Waals surface area contributed by atoms with Gasteiger partial charge in [-0.3, -0.25) is 14.4 Å². The molecular formula is C22H30N2O5. The van der Waals surface area contributed by atoms with Crippen LogP contribution in [0, 0.1) is 11.8 Å². The third-order valence-corrected chi connectivity index (χ3v) is 4.92. The number of nitrogens with one attached hydrogen (secondary N) is 2. The first-order valence-corrected chi connectivity index (χ1v) is 9.95. The Balaban J connectivity index is 2.30. The lowest BCUT2D eigenvalue weighted by atomic mass is 9.97. The summed E-state index contributed by atoms with van der Waals surface area (Å²) in [7, 11) is 0. The van der Waals surface area contributed by atoms with Gasteiger partial charge in [0.1, 0.15) is 12.0 Å². The monoisotopic (exact) mass is 402 g/mol. The van der Waals surface area contributed by atoms with Gasteiger partial charge in [0.15, 0.2) is 0 Å². The Morgan fingerprint density at radius 3 is 2.52 bits per heavy atom. The summed E-state index contributed by atoms with van der Waals surface area (Å²) in [6.45, 7) is 4.99. The molecule has 7 nitrogen and oxygen atoms in total. The molecule has 2 rings (SSSR count). The SMILES string of the molecule is CC1CC=CCC(C(=O)N[C@@H](C)CO)C(=O)N[C@@H](C)C(c2ccccc2)OC1=O. The zero-order valence-corrected chi connectivity index (χ0v) is 17.1. The minimum atomic E-state index is -0.940. The number of cyclic esters (lactones) is 1. The van der Waals surface area contributed by atoms with Crippen LogP contribution in [0.15, 0.2) is 42.5 Å². The summed E-state index contributed by atoms with van der Waals surface area (Å²) in [6, 6.07) is 8.24. The third-order valence-electron chi connectivity index (χ3n) is 4.92. The van der Waals surface area contributed by atoms with E-state index in [0.717, 1.165) is 5.56 Å². The van der Waals surface area contributed by atoms with Crippen molar-refractivity contribution in [2.75, 3.05) is 6.61 Å². The van der Waals surface area contributed by atoms with Gasteiger partial charge in [-0.05, 0) is 32.3 Å². The number of aliphatic hydroxyl groups is 1. The average molecular weight is 402 g/mol. The number of rotatable bonds is 4. The summed E-state index contributed by atoms with van der Waals surface area (Å²) in [5, 5.41) is 14.7. The predicted molar refractivity (Wildman–Crippen MR) is 109 cm³/mol. The van der Waals surface area contributed by atoms with Crippen molar-refractivity contribution in [3.8, 4) is 0 Å². The van der Waals surface area contributed by atoms with E-state index in [0.29, 0.717) is 6.42 Å². The predicted octanol–water partition coefficient (Wildman–Crippen LogP) is 1.87. The summed E-state index contributed by atoms with van der Waals surface area (Å²) >= 11 is 0. The van der Waals surface area contributed by atoms with E-state index < -0.39 is 35.9 Å². The molecule has 0 bridgehead atoms. The van der Waals surface area contributed by atoms with E-state index in [2.05, 4.69) is 10.6 Å². The highest BCUT2D eigenvalue weighted by Crippen LogP contribution is 2.24. The maximum atomic E-state index is 12.9. The van der Waals surface area contributed by atoms with Crippen molar-refractivity contribution >= 4 is 17.8 Å². The second-order valence-electron chi connectivity index (χ2n) is 7.55. The topological polar surface area (TPSA) is 105 Å². The molecule has 1 aromatic carbocycles. The molecule has 0 spiro atoms. The van der Waals surface area contributed by atoms with E-state index in [1.807, 2.05) is 30.3 Å². The van der Waals surface area contributed by atoms with Gasteiger partial charge in [0.2, 0.25) is 11.8 Å². The first-order valence-electron chi connectivity index (χ1n) is 9.95. The molecule has 1 aliphatic heterocycles. The van der Waals surface area contributed by atoms with Crippen molar-refractivity contribution in [2.24, 2.45) is 11.8 Å². The van der Waals surface area contributed by atoms with Gasteiger partial charge in [0.25, 0.3) is 0 Å². The maximum Gasteiger partial charge on any atom is 0.309 e. The Morgan fingerprint density at radius 1 is 1.21 bits per heavy atom. The van der Waals surface area contributed by atoms with Gasteiger partial charge < -0.3 is 20.5 Å². The molecule has 7 heteroatoms. The summed E-state index contributed by atoms with van der Waals surface area (Å²) in [4.78, 5) is 37.9. The largest absolute Gasteiger partial charge is 0.455 e. The molecule has 1 aliphatic rings. The van der Waals surface area contributed by atoms with Crippen molar-refractivity contribution in [3.05, 3.63) is 48.0 Å². The maximum absolute atomic E-state index is 12.9. The van der Waals surface area contributed by atoms with Crippen LogP contribution in [0.25, 0.3) is 0 Å². The molecule has 5 atom stereocenters. The quantitative estimate of drug-likeness (QED) is 0.405. The van der Waals surface area contributed by atoms with Gasteiger partial charge in [0.05, 0.1) is 18.6 Å². The molecule has 3 N–H and O–H groups in total. The van der Waals surface area contributed by atoms with Crippen LogP contribution in [0.3, 0.4) is 0 Å². The number of allylic oxidation sites excluding steroid dienone is 2. The van der Waals surface area contributed by atoms with Crippen LogP contribution in [-0.2, 0) is 19.1 Å². The summed E-state index contributed by atoms with van der Waals surface area (Å²) in [6.07, 6.45) is 3.52. The molecule has 0 saturated carbocycles. The van der Waals surface area contributed by atoms with Gasteiger partial charge >= 0.3 is 5.97 Å². The zero-order chi connectivity index (χ0) is 21.4. The second kappa shape index (κ2) is 10.8. The fourth-order valence-electron chi connectivity index (χ4n) is 3.09. The minimum absolute atomic E-state index is 0.209. The number of carbonyl (C=O) groups excluding carboxylic acids is 3. The Labute approximate surface area is 171 Å². The Morgan fingerprint density at radius 2 is 1.86 bits per heavy atom. The number of carbonyl (C=O) groups is 3. The first kappa shape index (κ1) is 22.6. The summed E-state index contributed by atoms with van der Waals surface area (Å²) < 4.78 is 5.74. The molecule has 3 unspecified atom stereocenters. The number of aliphatic hydroxyl groups excluding tert-OH is 1. The molecule has 0 fully saturated rings. The molecule has 0 saturated heterocycles. The van der Waals surface area contributed by atoms with Crippen LogP contribution in [0.5, 0.6) is 0 Å². The van der Waals surface area contributed by atoms with E-state index in [1.54, 1.807) is 32.9 Å². The molecule has 0 aromatic heterocycles. The highest BCUT2D eigenvalue weighted by molar-refractivity contribution is 6.00. The molecule has 0 aliphatic carbocycles. The summed E-state index contributed by atoms with van der Waals surface area (Å²) in [5.41, 5.74) is 0.767. The number of hydrogen-bond donors (Lipinski definition) is 3. The number of ether oxygens (including phenoxy) is 1. The normalized spacial score (nSPS) is 27.0. The smallest absolute Gasteiger partial charge is 0.309 e. The number of amides is 2. The highest BCUT2D eigenvalue weighted by atomic mass is 16.5. The van der Waals surface area contributed by atoms with Crippen molar-refractivity contribution < 1.29 is 24.2 Å². The molecule has 158 valence electrons. The fraction of sp³-hybridized carbons (Fsp3) is 0.500. The number of hydrogen-bond acceptors (Lipinski definition) is 5. The number of benzene rings is 1. The molecule has 2 amide bonds. The number of esters is 1. The Bertz CT molecular complexity index is 734. The lowest BCUT2D eigenvalue weighted by molar-refractivity contribution is -0.156. The molecule has 1 heterocycles. The van der Waals surface area contributed by atoms with E-state index >= 15 is 0 Å². The highest BCUT2D eigenvalue weighted by Gasteiger charge is 2.32. The van der Waals surface area contributed by atoms with Gasteiger partial charge in [-0.25, -0.2) is 0 Å². The third kappa shape index (κ3) is 6.42. The van der Waals surface area contributed by atoms with E-state index in [-0.39, 0.29) is 24.9 Å². The van der Waals surface area contributed by atoms with Crippen LogP contribution in [0.4, 0.5) is 0 Å². The van der Waals surface area contributed by atoms with Crippen molar-refractivity contribution in [3.63, 3.8) is 0 Å². The average Bonchev–Trinajstić information content (AvgIpc) is 2.70. The van der Waals surface area contributed by atoms with Crippen molar-refractivity contribution in [1.29, 1.82) is 0 Å². The van der Waals surface area contributed by atoms with Crippen molar-refractivity contribution in [2.45, 2.75) is 51.8 Å². The lowest BCUT2D eigenvalue weighted by Gasteiger charge is -2.28. The van der Waals surface area contributed by atoms with E-state index in [4.69, 9.17) is 4.74 Å². The zero-order valence-electron chi connectivity index (χ0n) is 17.1. The van der Waals surface area contributed by atoms with Gasteiger partial charge in [-0.2, -0.15) is 0 Å². The fourth-order valence-corrected chi connectivity index (χ4v) is 3.09. The van der Waals surface area contributed by atoms with Crippen LogP contribution < -0.4 is 10.6 Å². The van der Waals surface area contributed by atoms with Crippen LogP contribution in [-0.4, -0.2) is 41.6 Å². The molecular weight excluding hydrogens is 372 g/mol. The van der Waals surface area contributed by atoms with Crippen molar-refractivity contribution in [1.82, 2.24) is 10.6 Å². The van der Waals surface area contributed by atoms with Gasteiger partial charge in [-0.15, -0.1) is 0 Å². The van der Waals surface area contributed by atoms with Gasteiger partial charge in [-0.1, -0.05) is 49.4 Å². The van der Waals surface area contributed by atoms with E-state index in [9.17, 15) is 19.5 Å². The molecule has 0 radical (unpaired) electrons. The Kier molecular flexibility index (Phi) is 8.39. The second-order valence-corrected chi connectivity index (χ2v) is 7.55. The molecule has 29 heavy (non-hydrogen) atoms. The standard InChI is InChI=1S/C22H30N2O5/c1-14-9-7-8-12-18(20(26)23-15(2)13-25)21(27)24-16(3)19(29-22(14)28)17-10-5-4-6-11-17/h4-8,10-11,14-16,18-19,25H,9,12-13H2,1-3H3,(H,23,26)(H,24,27)/t14?,15-,16-,18?,19?/m0/s1. The van der Waals surface area contributed by atoms with Gasteiger partial charge in [0, 0.05) is 6.04 Å². The van der Waals surface area contributed by atoms with E-state index in [1.165, 1.54) is 0 Å². The van der Waals surface area contributed by atoms with Crippen LogP contribution >= 0.6 is 0 Å². The first-order chi connectivity index (χ1) is 13.8. The van der Waals surface area contributed by atoms with Crippen LogP contribution in [0.2, 0.25) is 0 Å². The van der Waals surface area contributed by atoms with Crippen LogP contribution in [0.1, 0.15) is 45.3 Å². The molecule has 1 aromatic rings. The Hall–Kier alpha value is -2.67. The minimum Gasteiger partial charge on any atom is -0.455 e.